The monoisotopic (exact) mass is 481 g/mol. The molecular weight excluding hydrogens is 457 g/mol. The summed E-state index contributed by atoms with van der Waals surface area (Å²) in [6.07, 6.45) is 0. The average Bonchev–Trinajstić information content (AvgIpc) is 2.76. The molecule has 170 valence electrons. The number of amides is 1. The summed E-state index contributed by atoms with van der Waals surface area (Å²) in [6, 6.07) is 16.7. The summed E-state index contributed by atoms with van der Waals surface area (Å²) in [7, 11) is -0.348. The average molecular weight is 481 g/mol. The molecular formula is C23H24BN3O4S2. The highest BCUT2D eigenvalue weighted by Gasteiger charge is 2.17. The highest BCUT2D eigenvalue weighted by Crippen LogP contribution is 2.24. The molecule has 0 fully saturated rings. The number of sulfonamides is 1. The number of methoxy groups -OCH3 is 1. The molecule has 0 bridgehead atoms. The first-order valence-electron chi connectivity index (χ1n) is 10.1. The van der Waals surface area contributed by atoms with Crippen molar-refractivity contribution >= 4 is 57.9 Å². The molecule has 0 saturated heterocycles. The molecule has 0 atom stereocenters. The summed E-state index contributed by atoms with van der Waals surface area (Å²) >= 11 is 5.22. The fraction of sp³-hybridized carbons (Fsp3) is 0.130. The first kappa shape index (κ1) is 24.3. The predicted octanol–water partition coefficient (Wildman–Crippen LogP) is 2.50. The maximum absolute atomic E-state index is 12.8. The number of hydrogen-bond donors (Lipinski definition) is 3. The zero-order chi connectivity index (χ0) is 24.2. The zero-order valence-electron chi connectivity index (χ0n) is 18.7. The Kier molecular flexibility index (Phi) is 7.40. The Morgan fingerprint density at radius 2 is 1.64 bits per heavy atom. The standard InChI is InChI=1S/C23H24BN3O4S2/c1-14-5-4-6-15(2)21(14)27-33(29,30)18-10-8-17(9-11-18)25-23(32)26-22(28)16-7-12-20(31-3)19(24)13-16/h4-13,27H,24H2,1-3H3,(H2,25,26,28,32). The van der Waals surface area contributed by atoms with Crippen molar-refractivity contribution in [3.63, 3.8) is 0 Å². The van der Waals surface area contributed by atoms with E-state index in [0.29, 0.717) is 22.7 Å². The van der Waals surface area contributed by atoms with Gasteiger partial charge in [0.1, 0.15) is 13.6 Å². The molecule has 33 heavy (non-hydrogen) atoms. The molecule has 0 unspecified atom stereocenters. The van der Waals surface area contributed by atoms with E-state index in [0.717, 1.165) is 16.6 Å². The molecule has 0 spiro atoms. The van der Waals surface area contributed by atoms with Gasteiger partial charge in [-0.15, -0.1) is 0 Å². The summed E-state index contributed by atoms with van der Waals surface area (Å²) in [5.41, 5.74) is 4.05. The molecule has 1 amide bonds. The lowest BCUT2D eigenvalue weighted by molar-refractivity contribution is 0.0978. The van der Waals surface area contributed by atoms with Gasteiger partial charge in [0, 0.05) is 11.3 Å². The summed E-state index contributed by atoms with van der Waals surface area (Å²) < 4.78 is 33.4. The van der Waals surface area contributed by atoms with Crippen LogP contribution in [0.5, 0.6) is 5.75 Å². The van der Waals surface area contributed by atoms with E-state index in [4.69, 9.17) is 17.0 Å². The van der Waals surface area contributed by atoms with Crippen LogP contribution in [-0.4, -0.2) is 34.4 Å². The lowest BCUT2D eigenvalue weighted by Crippen LogP contribution is -2.34. The fourth-order valence-corrected chi connectivity index (χ4v) is 4.66. The largest absolute Gasteiger partial charge is 0.497 e. The maximum atomic E-state index is 12.8. The van der Waals surface area contributed by atoms with Crippen LogP contribution in [0.25, 0.3) is 0 Å². The molecule has 0 aromatic heterocycles. The SMILES string of the molecule is Bc1cc(C(=O)NC(=S)Nc2ccc(S(=O)(=O)Nc3c(C)cccc3C)cc2)ccc1OC. The summed E-state index contributed by atoms with van der Waals surface area (Å²) in [5, 5.41) is 5.59. The molecule has 3 rings (SSSR count). The number of carbonyl (C=O) groups excluding carboxylic acids is 1. The van der Waals surface area contributed by atoms with E-state index in [1.165, 1.54) is 12.1 Å². The van der Waals surface area contributed by atoms with E-state index in [9.17, 15) is 13.2 Å². The summed E-state index contributed by atoms with van der Waals surface area (Å²) in [6.45, 7) is 3.70. The topological polar surface area (TPSA) is 96.5 Å². The third-order valence-corrected chi connectivity index (χ3v) is 6.59. The van der Waals surface area contributed by atoms with Gasteiger partial charge in [0.15, 0.2) is 5.11 Å². The predicted molar refractivity (Wildman–Crippen MR) is 138 cm³/mol. The van der Waals surface area contributed by atoms with E-state index < -0.39 is 10.0 Å². The molecule has 0 aliphatic rings. The van der Waals surface area contributed by atoms with Crippen LogP contribution in [0.15, 0.2) is 65.6 Å². The number of ether oxygens (including phenoxy) is 1. The Bertz CT molecular complexity index is 1290. The highest BCUT2D eigenvalue weighted by molar-refractivity contribution is 7.92. The summed E-state index contributed by atoms with van der Waals surface area (Å²) in [5.74, 6) is 0.324. The van der Waals surface area contributed by atoms with Crippen molar-refractivity contribution < 1.29 is 17.9 Å². The molecule has 0 heterocycles. The van der Waals surface area contributed by atoms with Crippen LogP contribution < -0.4 is 25.6 Å². The summed E-state index contributed by atoms with van der Waals surface area (Å²) in [4.78, 5) is 12.6. The van der Waals surface area contributed by atoms with Gasteiger partial charge in [0.25, 0.3) is 15.9 Å². The van der Waals surface area contributed by atoms with Crippen molar-refractivity contribution in [3.8, 4) is 5.75 Å². The number of anilines is 2. The van der Waals surface area contributed by atoms with Gasteiger partial charge in [-0.05, 0) is 79.1 Å². The highest BCUT2D eigenvalue weighted by atomic mass is 32.2. The van der Waals surface area contributed by atoms with Gasteiger partial charge in [-0.3, -0.25) is 14.8 Å². The number of para-hydroxylation sites is 1. The zero-order valence-corrected chi connectivity index (χ0v) is 20.4. The van der Waals surface area contributed by atoms with Crippen LogP contribution >= 0.6 is 12.2 Å². The van der Waals surface area contributed by atoms with Crippen molar-refractivity contribution in [3.05, 3.63) is 77.4 Å². The second-order valence-electron chi connectivity index (χ2n) is 7.49. The van der Waals surface area contributed by atoms with E-state index in [1.807, 2.05) is 39.9 Å². The normalized spacial score (nSPS) is 10.9. The smallest absolute Gasteiger partial charge is 0.261 e. The first-order chi connectivity index (χ1) is 15.6. The third-order valence-electron chi connectivity index (χ3n) is 5.02. The number of benzene rings is 3. The van der Waals surface area contributed by atoms with Crippen LogP contribution in [0.1, 0.15) is 21.5 Å². The second kappa shape index (κ2) is 10.1. The molecule has 10 heteroatoms. The Morgan fingerprint density at radius 1 is 1.00 bits per heavy atom. The minimum atomic E-state index is -3.76. The van der Waals surface area contributed by atoms with Crippen molar-refractivity contribution in [2.75, 3.05) is 17.1 Å². The Balaban J connectivity index is 1.65. The maximum Gasteiger partial charge on any atom is 0.261 e. The fourth-order valence-electron chi connectivity index (χ4n) is 3.24. The van der Waals surface area contributed by atoms with Crippen molar-refractivity contribution in [2.45, 2.75) is 18.7 Å². The number of rotatable bonds is 6. The number of hydrogen-bond acceptors (Lipinski definition) is 5. The molecule has 0 saturated carbocycles. The molecule has 0 aliphatic carbocycles. The second-order valence-corrected chi connectivity index (χ2v) is 9.58. The van der Waals surface area contributed by atoms with E-state index in [-0.39, 0.29) is 15.9 Å². The van der Waals surface area contributed by atoms with E-state index in [1.54, 1.807) is 37.4 Å². The van der Waals surface area contributed by atoms with Gasteiger partial charge in [0.05, 0.1) is 17.7 Å². The van der Waals surface area contributed by atoms with Crippen molar-refractivity contribution in [2.24, 2.45) is 0 Å². The van der Waals surface area contributed by atoms with Gasteiger partial charge in [0.2, 0.25) is 0 Å². The number of aryl methyl sites for hydroxylation is 2. The van der Waals surface area contributed by atoms with E-state index >= 15 is 0 Å². The first-order valence-corrected chi connectivity index (χ1v) is 12.0. The van der Waals surface area contributed by atoms with Crippen LogP contribution in [0.3, 0.4) is 0 Å². The van der Waals surface area contributed by atoms with Gasteiger partial charge in [-0.25, -0.2) is 8.42 Å². The Morgan fingerprint density at radius 3 is 2.21 bits per heavy atom. The van der Waals surface area contributed by atoms with Crippen LogP contribution in [0.2, 0.25) is 0 Å². The molecule has 3 aromatic carbocycles. The lowest BCUT2D eigenvalue weighted by atomic mass is 9.93. The minimum absolute atomic E-state index is 0.0951. The third kappa shape index (κ3) is 5.91. The van der Waals surface area contributed by atoms with Crippen molar-refractivity contribution in [1.82, 2.24) is 5.32 Å². The van der Waals surface area contributed by atoms with Gasteiger partial charge < -0.3 is 10.1 Å². The molecule has 0 radical (unpaired) electrons. The van der Waals surface area contributed by atoms with Crippen molar-refractivity contribution in [1.29, 1.82) is 0 Å². The lowest BCUT2D eigenvalue weighted by Gasteiger charge is -2.14. The number of thiocarbonyl (C=S) groups is 1. The van der Waals surface area contributed by atoms with Crippen LogP contribution in [0, 0.1) is 13.8 Å². The molecule has 7 nitrogen and oxygen atoms in total. The van der Waals surface area contributed by atoms with Gasteiger partial charge in [-0.2, -0.15) is 0 Å². The number of carbonyl (C=O) groups is 1. The minimum Gasteiger partial charge on any atom is -0.497 e. The van der Waals surface area contributed by atoms with Crippen LogP contribution in [-0.2, 0) is 10.0 Å². The Hall–Kier alpha value is -3.37. The van der Waals surface area contributed by atoms with Crippen LogP contribution in [0.4, 0.5) is 11.4 Å². The van der Waals surface area contributed by atoms with Gasteiger partial charge in [-0.1, -0.05) is 24.3 Å². The molecule has 3 N–H and O–H groups in total. The van der Waals surface area contributed by atoms with Gasteiger partial charge >= 0.3 is 0 Å². The quantitative estimate of drug-likeness (QED) is 0.370. The number of nitrogens with one attached hydrogen (secondary N) is 3. The van der Waals surface area contributed by atoms with E-state index in [2.05, 4.69) is 15.4 Å². The molecule has 0 aliphatic heterocycles. The molecule has 3 aromatic rings. The Labute approximate surface area is 200 Å².